The van der Waals surface area contributed by atoms with Gasteiger partial charge < -0.3 is 25.2 Å². The van der Waals surface area contributed by atoms with Gasteiger partial charge >= 0.3 is 5.97 Å². The number of carbonyl (C=O) groups excluding carboxylic acids is 1. The molecule has 0 saturated heterocycles. The van der Waals surface area contributed by atoms with Gasteiger partial charge in [0, 0.05) is 36.0 Å². The first kappa shape index (κ1) is 27.9. The summed E-state index contributed by atoms with van der Waals surface area (Å²) in [6.45, 7) is 15.3. The third-order valence-electron chi connectivity index (χ3n) is 7.52. The Bertz CT molecular complexity index is 1250. The first-order chi connectivity index (χ1) is 18.3. The van der Waals surface area contributed by atoms with Crippen molar-refractivity contribution in [2.24, 2.45) is 0 Å². The van der Waals surface area contributed by atoms with E-state index in [9.17, 15) is 9.90 Å². The molecule has 0 aromatic heterocycles. The van der Waals surface area contributed by atoms with Crippen molar-refractivity contribution < 1.29 is 19.4 Å². The van der Waals surface area contributed by atoms with E-state index in [1.807, 2.05) is 33.8 Å². The molecule has 2 aromatic carbocycles. The van der Waals surface area contributed by atoms with Crippen molar-refractivity contribution in [2.45, 2.75) is 79.4 Å². The quantitative estimate of drug-likeness (QED) is 0.413. The van der Waals surface area contributed by atoms with Gasteiger partial charge in [-0.25, -0.2) is 4.79 Å². The predicted molar refractivity (Wildman–Crippen MR) is 152 cm³/mol. The average molecular weight is 519 g/mol. The highest BCUT2D eigenvalue weighted by Crippen LogP contribution is 2.47. The number of cyclic esters (lactones) is 1. The van der Waals surface area contributed by atoms with Crippen molar-refractivity contribution in [1.29, 1.82) is 0 Å². The number of fused-ring (bicyclic) bond motifs is 1. The standard InChI is InChI=1S/C30H36N2O4.C2H6/c1-16(2)35-15-25-22(14-33)28(21-7-6-8-23-20(21)9-10-31-23)29-24(32-25)13-26(36-30(29)34)27-18(4)11-17(3)12-19(27)5;1-2/h6-8,11-12,16,26,28,31-33H,9-10,13-15H2,1-5H3;1-2H3. The fourth-order valence-corrected chi connectivity index (χ4v) is 6.08. The molecule has 0 aliphatic carbocycles. The van der Waals surface area contributed by atoms with Crippen LogP contribution in [0.2, 0.25) is 0 Å². The van der Waals surface area contributed by atoms with Crippen molar-refractivity contribution >= 4 is 11.7 Å². The van der Waals surface area contributed by atoms with E-state index in [4.69, 9.17) is 9.47 Å². The normalized spacial score (nSPS) is 20.3. The largest absolute Gasteiger partial charge is 0.454 e. The van der Waals surface area contributed by atoms with Crippen LogP contribution in [0.4, 0.5) is 5.69 Å². The number of aliphatic hydroxyl groups excluding tert-OH is 1. The number of carbonyl (C=O) groups is 1. The van der Waals surface area contributed by atoms with Gasteiger partial charge in [-0.1, -0.05) is 43.7 Å². The smallest absolute Gasteiger partial charge is 0.337 e. The lowest BCUT2D eigenvalue weighted by Crippen LogP contribution is -2.38. The van der Waals surface area contributed by atoms with Gasteiger partial charge in [0.1, 0.15) is 6.10 Å². The lowest BCUT2D eigenvalue weighted by atomic mass is 9.76. The zero-order valence-corrected chi connectivity index (χ0v) is 23.8. The summed E-state index contributed by atoms with van der Waals surface area (Å²) in [6.07, 6.45) is 1.12. The number of rotatable bonds is 6. The third-order valence-corrected chi connectivity index (χ3v) is 7.52. The molecule has 38 heavy (non-hydrogen) atoms. The first-order valence-corrected chi connectivity index (χ1v) is 13.9. The fraction of sp³-hybridized carbons (Fsp3) is 0.469. The summed E-state index contributed by atoms with van der Waals surface area (Å²) >= 11 is 0. The molecule has 0 amide bonds. The minimum atomic E-state index is -0.375. The Balaban J connectivity index is 0.00000164. The zero-order chi connectivity index (χ0) is 27.6. The number of hydrogen-bond acceptors (Lipinski definition) is 6. The van der Waals surface area contributed by atoms with Crippen LogP contribution in [0.15, 0.2) is 52.9 Å². The Hall–Kier alpha value is -3.09. The third kappa shape index (κ3) is 5.25. The summed E-state index contributed by atoms with van der Waals surface area (Å²) in [4.78, 5) is 13.7. The molecular formula is C32H42N2O4. The summed E-state index contributed by atoms with van der Waals surface area (Å²) in [5.41, 5.74) is 10.9. The monoisotopic (exact) mass is 518 g/mol. The van der Waals surface area contributed by atoms with Gasteiger partial charge in [-0.15, -0.1) is 0 Å². The maximum Gasteiger partial charge on any atom is 0.337 e. The molecule has 3 aliphatic rings. The molecule has 3 aliphatic heterocycles. The van der Waals surface area contributed by atoms with Crippen LogP contribution in [0, 0.1) is 20.8 Å². The number of aryl methyl sites for hydroxylation is 3. The highest BCUT2D eigenvalue weighted by Gasteiger charge is 2.42. The van der Waals surface area contributed by atoms with Crippen LogP contribution in [0.1, 0.15) is 79.5 Å². The molecule has 0 saturated carbocycles. The van der Waals surface area contributed by atoms with Gasteiger partial charge in [0.2, 0.25) is 0 Å². The van der Waals surface area contributed by atoms with Gasteiger partial charge in [-0.3, -0.25) is 0 Å². The zero-order valence-electron chi connectivity index (χ0n) is 23.8. The highest BCUT2D eigenvalue weighted by molar-refractivity contribution is 5.94. The van der Waals surface area contributed by atoms with E-state index < -0.39 is 0 Å². The Kier molecular flexibility index (Phi) is 8.64. The second kappa shape index (κ2) is 11.7. The minimum Gasteiger partial charge on any atom is -0.454 e. The number of nitrogens with one attached hydrogen (secondary N) is 2. The van der Waals surface area contributed by atoms with Crippen molar-refractivity contribution in [3.05, 3.63) is 86.3 Å². The van der Waals surface area contributed by atoms with E-state index >= 15 is 0 Å². The molecule has 0 fully saturated rings. The topological polar surface area (TPSA) is 79.8 Å². The number of esters is 1. The number of anilines is 1. The Morgan fingerprint density at radius 1 is 1.13 bits per heavy atom. The fourth-order valence-electron chi connectivity index (χ4n) is 6.08. The maximum absolute atomic E-state index is 13.7. The lowest BCUT2D eigenvalue weighted by Gasteiger charge is -2.38. The van der Waals surface area contributed by atoms with Gasteiger partial charge in [0.25, 0.3) is 0 Å². The molecule has 6 heteroatoms. The van der Waals surface area contributed by atoms with Crippen LogP contribution < -0.4 is 10.6 Å². The maximum atomic E-state index is 13.7. The average Bonchev–Trinajstić information content (AvgIpc) is 3.36. The summed E-state index contributed by atoms with van der Waals surface area (Å²) < 4.78 is 12.1. The Labute approximate surface area is 227 Å². The van der Waals surface area contributed by atoms with E-state index in [2.05, 4.69) is 55.7 Å². The Morgan fingerprint density at radius 2 is 1.84 bits per heavy atom. The molecule has 3 heterocycles. The van der Waals surface area contributed by atoms with E-state index in [1.165, 1.54) is 11.1 Å². The number of benzene rings is 2. The van der Waals surface area contributed by atoms with Crippen molar-refractivity contribution in [3.63, 3.8) is 0 Å². The number of dihydropyridines is 1. The molecule has 2 aromatic rings. The van der Waals surface area contributed by atoms with Gasteiger partial charge in [0.05, 0.1) is 24.9 Å². The number of hydrogen-bond donors (Lipinski definition) is 3. The van der Waals surface area contributed by atoms with E-state index in [1.54, 1.807) is 0 Å². The van der Waals surface area contributed by atoms with E-state index in [0.29, 0.717) is 18.6 Å². The molecule has 2 unspecified atom stereocenters. The van der Waals surface area contributed by atoms with Gasteiger partial charge in [0.15, 0.2) is 0 Å². The second-order valence-electron chi connectivity index (χ2n) is 10.4. The number of aliphatic hydroxyl groups is 1. The van der Waals surface area contributed by atoms with Crippen LogP contribution in [-0.2, 0) is 20.7 Å². The predicted octanol–water partition coefficient (Wildman–Crippen LogP) is 5.91. The molecule has 6 nitrogen and oxygen atoms in total. The van der Waals surface area contributed by atoms with Crippen LogP contribution >= 0.6 is 0 Å². The van der Waals surface area contributed by atoms with E-state index in [-0.39, 0.29) is 30.7 Å². The van der Waals surface area contributed by atoms with Crippen LogP contribution in [0.25, 0.3) is 0 Å². The molecule has 204 valence electrons. The molecule has 0 spiro atoms. The molecule has 5 rings (SSSR count). The van der Waals surface area contributed by atoms with Crippen molar-refractivity contribution in [1.82, 2.24) is 5.32 Å². The van der Waals surface area contributed by atoms with Crippen molar-refractivity contribution in [3.8, 4) is 0 Å². The molecule has 2 atom stereocenters. The van der Waals surface area contributed by atoms with Crippen LogP contribution in [0.3, 0.4) is 0 Å². The van der Waals surface area contributed by atoms with E-state index in [0.717, 1.165) is 57.9 Å². The van der Waals surface area contributed by atoms with Gasteiger partial charge in [-0.05, 0) is 80.5 Å². The molecule has 0 radical (unpaired) electrons. The summed E-state index contributed by atoms with van der Waals surface area (Å²) in [6, 6.07) is 10.5. The molecule has 0 bridgehead atoms. The van der Waals surface area contributed by atoms with Gasteiger partial charge in [-0.2, -0.15) is 0 Å². The van der Waals surface area contributed by atoms with Crippen LogP contribution in [0.5, 0.6) is 0 Å². The molecular weight excluding hydrogens is 476 g/mol. The summed E-state index contributed by atoms with van der Waals surface area (Å²) in [5.74, 6) is -0.697. The Morgan fingerprint density at radius 3 is 2.50 bits per heavy atom. The van der Waals surface area contributed by atoms with Crippen LogP contribution in [-0.4, -0.2) is 36.9 Å². The first-order valence-electron chi connectivity index (χ1n) is 13.9. The molecule has 3 N–H and O–H groups in total. The SMILES string of the molecule is CC.Cc1cc(C)c(C2CC3=C(C(=O)O2)C(c2cccc4c2CCN4)C(CO)=C(COC(C)C)N3)c(C)c1. The summed E-state index contributed by atoms with van der Waals surface area (Å²) in [7, 11) is 0. The lowest BCUT2D eigenvalue weighted by molar-refractivity contribution is -0.146. The van der Waals surface area contributed by atoms with Crippen molar-refractivity contribution in [2.75, 3.05) is 25.1 Å². The second-order valence-corrected chi connectivity index (χ2v) is 10.4. The number of ether oxygens (including phenoxy) is 2. The summed E-state index contributed by atoms with van der Waals surface area (Å²) in [5, 5.41) is 17.5. The minimum absolute atomic E-state index is 0.0418. The highest BCUT2D eigenvalue weighted by atomic mass is 16.5.